The van der Waals surface area contributed by atoms with Crippen LogP contribution in [0.15, 0.2) is 60.7 Å². The van der Waals surface area contributed by atoms with Gasteiger partial charge in [0, 0.05) is 0 Å². The molecule has 5 nitrogen and oxygen atoms in total. The molecule has 3 rings (SSSR count). The average molecular weight is 431 g/mol. The minimum Gasteiger partial charge on any atom is -0.405 e. The number of aliphatic hydroxyl groups excluding tert-OH is 2. The van der Waals surface area contributed by atoms with Crippen LogP contribution in [0.4, 0.5) is 0 Å². The van der Waals surface area contributed by atoms with E-state index in [9.17, 15) is 10.2 Å². The van der Waals surface area contributed by atoms with Crippen molar-refractivity contribution in [1.29, 1.82) is 0 Å². The minimum atomic E-state index is -2.72. The fourth-order valence-corrected chi connectivity index (χ4v) is 8.96. The van der Waals surface area contributed by atoms with E-state index in [0.717, 1.165) is 0 Å². The van der Waals surface area contributed by atoms with Gasteiger partial charge in [-0.25, -0.2) is 0 Å². The highest BCUT2D eigenvalue weighted by Gasteiger charge is 2.52. The van der Waals surface area contributed by atoms with E-state index in [2.05, 4.69) is 45.0 Å². The van der Waals surface area contributed by atoms with Gasteiger partial charge in [0.1, 0.15) is 18.3 Å². The van der Waals surface area contributed by atoms with Gasteiger partial charge in [0.05, 0.1) is 13.2 Å². The Bertz CT molecular complexity index is 764. The number of aliphatic hydroxyl groups is 2. The zero-order valence-corrected chi connectivity index (χ0v) is 19.5. The lowest BCUT2D eigenvalue weighted by Crippen LogP contribution is -2.67. The second kappa shape index (κ2) is 8.90. The Kier molecular flexibility index (Phi) is 6.86. The van der Waals surface area contributed by atoms with Crippen molar-refractivity contribution in [2.75, 3.05) is 13.2 Å². The van der Waals surface area contributed by atoms with Crippen LogP contribution in [0.3, 0.4) is 0 Å². The highest BCUT2D eigenvalue weighted by molar-refractivity contribution is 6.99. The summed E-state index contributed by atoms with van der Waals surface area (Å²) in [6.45, 7) is 10.2. The first-order valence-electron chi connectivity index (χ1n) is 10.5. The monoisotopic (exact) mass is 430 g/mol. The van der Waals surface area contributed by atoms with Crippen molar-refractivity contribution < 1.29 is 24.1 Å². The van der Waals surface area contributed by atoms with Crippen molar-refractivity contribution >= 4 is 18.7 Å². The maximum Gasteiger partial charge on any atom is 0.261 e. The quantitative estimate of drug-likeness (QED) is 0.661. The predicted molar refractivity (Wildman–Crippen MR) is 120 cm³/mol. The SMILES string of the molecule is CC1(C)O[C@H]([C@H](O)CO)[C@@H](CO[Si](c2ccccc2)(c2ccccc2)C(C)(C)C)O1. The molecule has 2 N–H and O–H groups in total. The first kappa shape index (κ1) is 23.1. The molecule has 0 amide bonds. The lowest BCUT2D eigenvalue weighted by atomic mass is 10.1. The first-order valence-corrected chi connectivity index (χ1v) is 12.4. The summed E-state index contributed by atoms with van der Waals surface area (Å²) >= 11 is 0. The molecule has 1 fully saturated rings. The van der Waals surface area contributed by atoms with Gasteiger partial charge in [0.25, 0.3) is 8.32 Å². The fraction of sp³-hybridized carbons (Fsp3) is 0.500. The van der Waals surface area contributed by atoms with Gasteiger partial charge in [-0.15, -0.1) is 0 Å². The third-order valence-electron chi connectivity index (χ3n) is 5.67. The van der Waals surface area contributed by atoms with Crippen LogP contribution in [0.5, 0.6) is 0 Å². The van der Waals surface area contributed by atoms with E-state index in [1.165, 1.54) is 10.4 Å². The number of hydrogen-bond donors (Lipinski definition) is 2. The van der Waals surface area contributed by atoms with Crippen LogP contribution in [0, 0.1) is 0 Å². The molecular formula is C24H34O5Si. The molecule has 0 aliphatic carbocycles. The number of ether oxygens (including phenoxy) is 2. The van der Waals surface area contributed by atoms with Crippen molar-refractivity contribution in [3.8, 4) is 0 Å². The van der Waals surface area contributed by atoms with Crippen molar-refractivity contribution in [3.63, 3.8) is 0 Å². The third kappa shape index (κ3) is 4.54. The zero-order chi connectivity index (χ0) is 22.0. The van der Waals surface area contributed by atoms with Gasteiger partial charge in [0.2, 0.25) is 0 Å². The van der Waals surface area contributed by atoms with Crippen LogP contribution in [0.1, 0.15) is 34.6 Å². The molecule has 0 unspecified atom stereocenters. The molecule has 1 heterocycles. The third-order valence-corrected chi connectivity index (χ3v) is 10.7. The molecule has 6 heteroatoms. The summed E-state index contributed by atoms with van der Waals surface area (Å²) < 4.78 is 18.9. The summed E-state index contributed by atoms with van der Waals surface area (Å²) in [6.07, 6.45) is -2.16. The highest BCUT2D eigenvalue weighted by Crippen LogP contribution is 2.38. The molecule has 2 aromatic rings. The average Bonchev–Trinajstić information content (AvgIpc) is 3.03. The summed E-state index contributed by atoms with van der Waals surface area (Å²) in [6, 6.07) is 20.8. The summed E-state index contributed by atoms with van der Waals surface area (Å²) in [4.78, 5) is 0. The number of benzene rings is 2. The van der Waals surface area contributed by atoms with Crippen molar-refractivity contribution in [3.05, 3.63) is 60.7 Å². The molecule has 30 heavy (non-hydrogen) atoms. The zero-order valence-electron chi connectivity index (χ0n) is 18.5. The maximum atomic E-state index is 10.3. The summed E-state index contributed by atoms with van der Waals surface area (Å²) in [5.41, 5.74) is 0. The van der Waals surface area contributed by atoms with Gasteiger partial charge in [-0.3, -0.25) is 0 Å². The number of rotatable bonds is 7. The normalized spacial score (nSPS) is 22.8. The van der Waals surface area contributed by atoms with Crippen LogP contribution < -0.4 is 10.4 Å². The topological polar surface area (TPSA) is 68.2 Å². The van der Waals surface area contributed by atoms with Crippen LogP contribution in [-0.2, 0) is 13.9 Å². The summed E-state index contributed by atoms with van der Waals surface area (Å²) in [7, 11) is -2.72. The van der Waals surface area contributed by atoms with E-state index in [1.54, 1.807) is 0 Å². The molecule has 0 aromatic heterocycles. The van der Waals surface area contributed by atoms with Crippen LogP contribution in [0.2, 0.25) is 5.04 Å². The van der Waals surface area contributed by atoms with Gasteiger partial charge < -0.3 is 24.1 Å². The summed E-state index contributed by atoms with van der Waals surface area (Å²) in [5, 5.41) is 22.0. The fourth-order valence-electron chi connectivity index (χ4n) is 4.39. The molecular weight excluding hydrogens is 396 g/mol. The van der Waals surface area contributed by atoms with Gasteiger partial charge in [-0.1, -0.05) is 81.4 Å². The van der Waals surface area contributed by atoms with E-state index in [0.29, 0.717) is 0 Å². The van der Waals surface area contributed by atoms with Crippen LogP contribution in [-0.4, -0.2) is 55.8 Å². The molecule has 1 aliphatic heterocycles. The molecule has 0 saturated carbocycles. The number of hydrogen-bond acceptors (Lipinski definition) is 5. The van der Waals surface area contributed by atoms with E-state index < -0.39 is 32.4 Å². The molecule has 164 valence electrons. The largest absolute Gasteiger partial charge is 0.405 e. The van der Waals surface area contributed by atoms with Gasteiger partial charge in [-0.05, 0) is 29.3 Å². The Morgan fingerprint density at radius 2 is 1.47 bits per heavy atom. The van der Waals surface area contributed by atoms with E-state index in [-0.39, 0.29) is 18.3 Å². The Balaban J connectivity index is 2.02. The summed E-state index contributed by atoms with van der Waals surface area (Å²) in [5.74, 6) is -0.847. The molecule has 2 aromatic carbocycles. The Hall–Kier alpha value is -1.54. The van der Waals surface area contributed by atoms with Gasteiger partial charge in [-0.2, -0.15) is 0 Å². The molecule has 0 bridgehead atoms. The highest BCUT2D eigenvalue weighted by atomic mass is 28.4. The van der Waals surface area contributed by atoms with Gasteiger partial charge >= 0.3 is 0 Å². The van der Waals surface area contributed by atoms with Crippen molar-refractivity contribution in [2.24, 2.45) is 0 Å². The first-order chi connectivity index (χ1) is 14.1. The van der Waals surface area contributed by atoms with E-state index in [4.69, 9.17) is 13.9 Å². The van der Waals surface area contributed by atoms with E-state index in [1.807, 2.05) is 50.2 Å². The molecule has 0 radical (unpaired) electrons. The Morgan fingerprint density at radius 3 is 1.90 bits per heavy atom. The van der Waals surface area contributed by atoms with Crippen LogP contribution >= 0.6 is 0 Å². The van der Waals surface area contributed by atoms with E-state index >= 15 is 0 Å². The Labute approximate surface area is 180 Å². The molecule has 1 aliphatic rings. The maximum absolute atomic E-state index is 10.3. The Morgan fingerprint density at radius 1 is 0.967 bits per heavy atom. The standard InChI is InChI=1S/C24H34O5Si/c1-23(2,3)30(18-12-8-6-9-13-18,19-14-10-7-11-15-19)27-17-21-22(20(26)16-25)29-24(4,5)28-21/h6-15,20-22,25-26H,16-17H2,1-5H3/t20-,21-,22-/m1/s1. The molecule has 1 saturated heterocycles. The lowest BCUT2D eigenvalue weighted by Gasteiger charge is -2.43. The lowest BCUT2D eigenvalue weighted by molar-refractivity contribution is -0.158. The molecule has 3 atom stereocenters. The molecule has 0 spiro atoms. The minimum absolute atomic E-state index is 0.157. The predicted octanol–water partition coefficient (Wildman–Crippen LogP) is 2.44. The van der Waals surface area contributed by atoms with Crippen LogP contribution in [0.25, 0.3) is 0 Å². The van der Waals surface area contributed by atoms with Crippen molar-refractivity contribution in [1.82, 2.24) is 0 Å². The van der Waals surface area contributed by atoms with Crippen molar-refractivity contribution in [2.45, 2.75) is 63.8 Å². The van der Waals surface area contributed by atoms with Gasteiger partial charge in [0.15, 0.2) is 5.79 Å². The second-order valence-corrected chi connectivity index (χ2v) is 13.7. The smallest absolute Gasteiger partial charge is 0.261 e. The second-order valence-electron chi connectivity index (χ2n) is 9.36.